The molecule has 0 atom stereocenters. The molecule has 0 unspecified atom stereocenters. The van der Waals surface area contributed by atoms with Crippen molar-refractivity contribution in [1.82, 2.24) is 0 Å². The second-order valence-electron chi connectivity index (χ2n) is 1.77. The largest absolute Gasteiger partial charge is 0.388 e. The first-order valence-corrected chi connectivity index (χ1v) is 4.50. The van der Waals surface area contributed by atoms with Crippen LogP contribution < -0.4 is 4.74 Å². The minimum Gasteiger partial charge on any atom is -0.388 e. The Labute approximate surface area is 87.6 Å². The van der Waals surface area contributed by atoms with E-state index >= 15 is 0 Å². The Morgan fingerprint density at radius 3 is 2.31 bits per heavy atom. The first-order valence-electron chi connectivity index (χ1n) is 3.75. The number of hydrogen-bond acceptors (Lipinski definition) is 2. The van der Waals surface area contributed by atoms with Crippen LogP contribution in [0.2, 0.25) is 10.0 Å². The number of nitrogens with zero attached hydrogens (tertiary/aromatic N) is 1. The number of benzene rings is 1. The molecule has 0 spiro atoms. The van der Waals surface area contributed by atoms with Crippen molar-refractivity contribution in [1.29, 1.82) is 5.26 Å². The number of nitriles is 1. The molecule has 0 aliphatic heterocycles. The third-order valence-corrected chi connectivity index (χ3v) is 1.79. The molecule has 1 aromatic carbocycles. The molecule has 0 aromatic heterocycles. The van der Waals surface area contributed by atoms with Gasteiger partial charge in [-0.05, 0) is 12.1 Å². The molecule has 0 radical (unpaired) electrons. The fourth-order valence-corrected chi connectivity index (χ4v) is 0.881. The number of ether oxygens (including phenoxy) is 1. The quantitative estimate of drug-likeness (QED) is 0.670. The Hall–Kier alpha value is -0.910. The first-order chi connectivity index (χ1) is 6.24. The summed E-state index contributed by atoms with van der Waals surface area (Å²) in [5, 5.41) is 8.95. The molecule has 1 aromatic rings. The summed E-state index contributed by atoms with van der Waals surface area (Å²) in [7, 11) is 0. The van der Waals surface area contributed by atoms with Crippen molar-refractivity contribution in [2.75, 3.05) is 0 Å². The monoisotopic (exact) mass is 217 g/mol. The summed E-state index contributed by atoms with van der Waals surface area (Å²) in [6, 6.07) is 4.61. The van der Waals surface area contributed by atoms with E-state index in [-0.39, 0.29) is 0 Å². The lowest BCUT2D eigenvalue weighted by Crippen LogP contribution is -1.80. The smallest absolute Gasteiger partial charge is 0.292 e. The molecule has 0 heterocycles. The van der Waals surface area contributed by atoms with Crippen LogP contribution in [0, 0.1) is 11.5 Å². The second kappa shape index (κ2) is 6.59. The van der Waals surface area contributed by atoms with Crippen LogP contribution >= 0.6 is 23.2 Å². The van der Waals surface area contributed by atoms with Gasteiger partial charge in [0.05, 0.1) is 10.0 Å². The summed E-state index contributed by atoms with van der Waals surface area (Å²) in [6.45, 7) is 4.00. The molecule has 0 N–H and O–H groups in total. The average Bonchev–Trinajstić information content (AvgIpc) is 2.15. The lowest BCUT2D eigenvalue weighted by Gasteiger charge is -1.96. The lowest BCUT2D eigenvalue weighted by atomic mass is 10.3. The average molecular weight is 218 g/mol. The van der Waals surface area contributed by atoms with E-state index in [9.17, 15) is 0 Å². The van der Waals surface area contributed by atoms with E-state index in [4.69, 9.17) is 28.5 Å². The van der Waals surface area contributed by atoms with Gasteiger partial charge >= 0.3 is 0 Å². The summed E-state index contributed by atoms with van der Waals surface area (Å²) in [5.41, 5.74) is 0. The molecular weight excluding hydrogens is 209 g/mol. The molecule has 70 valence electrons. The summed E-state index contributed by atoms with van der Waals surface area (Å²) < 4.78 is 4.50. The topological polar surface area (TPSA) is 33.0 Å². The van der Waals surface area contributed by atoms with Crippen molar-refractivity contribution in [2.24, 2.45) is 0 Å². The van der Waals surface area contributed by atoms with Crippen molar-refractivity contribution >= 4 is 23.2 Å². The fraction of sp³-hybridized carbons (Fsp3) is 0.222. The van der Waals surface area contributed by atoms with Gasteiger partial charge in [0.25, 0.3) is 6.26 Å². The van der Waals surface area contributed by atoms with Crippen LogP contribution in [0.3, 0.4) is 0 Å². The van der Waals surface area contributed by atoms with E-state index in [1.165, 1.54) is 12.3 Å². The zero-order valence-corrected chi connectivity index (χ0v) is 8.86. The van der Waals surface area contributed by atoms with Gasteiger partial charge in [0.2, 0.25) is 0 Å². The Morgan fingerprint density at radius 1 is 1.23 bits per heavy atom. The summed E-state index contributed by atoms with van der Waals surface area (Å²) in [6.07, 6.45) is 1.53. The standard InChI is InChI=1S/C7H3Cl2NO.C2H6/c8-6-2-1-5(11-4-10)3-7(6)9;1-2/h1-3H;1-2H3. The third kappa shape index (κ3) is 4.02. The van der Waals surface area contributed by atoms with Crippen LogP contribution in [0.1, 0.15) is 13.8 Å². The molecule has 0 saturated heterocycles. The minimum absolute atomic E-state index is 0.374. The van der Waals surface area contributed by atoms with Crippen LogP contribution in [0.25, 0.3) is 0 Å². The highest BCUT2D eigenvalue weighted by atomic mass is 35.5. The van der Waals surface area contributed by atoms with Gasteiger partial charge in [-0.2, -0.15) is 0 Å². The maximum absolute atomic E-state index is 8.13. The van der Waals surface area contributed by atoms with Crippen molar-refractivity contribution < 1.29 is 4.74 Å². The van der Waals surface area contributed by atoms with Gasteiger partial charge in [-0.3, -0.25) is 0 Å². The maximum atomic E-state index is 8.13. The summed E-state index contributed by atoms with van der Waals surface area (Å²) in [4.78, 5) is 0. The Bertz CT molecular complexity index is 307. The molecule has 0 aliphatic rings. The van der Waals surface area contributed by atoms with Gasteiger partial charge in [-0.1, -0.05) is 37.0 Å². The fourth-order valence-electron chi connectivity index (χ4n) is 0.593. The molecule has 0 fully saturated rings. The lowest BCUT2D eigenvalue weighted by molar-refractivity contribution is 0.507. The zero-order chi connectivity index (χ0) is 10.3. The van der Waals surface area contributed by atoms with Crippen LogP contribution in [0.4, 0.5) is 0 Å². The van der Waals surface area contributed by atoms with Gasteiger partial charge in [0, 0.05) is 6.07 Å². The molecule has 4 heteroatoms. The Balaban J connectivity index is 0.000000671. The second-order valence-corrected chi connectivity index (χ2v) is 2.58. The van der Waals surface area contributed by atoms with Crippen LogP contribution in [0.15, 0.2) is 18.2 Å². The molecular formula is C9H9Cl2NO. The highest BCUT2D eigenvalue weighted by Crippen LogP contribution is 2.25. The maximum Gasteiger partial charge on any atom is 0.292 e. The minimum atomic E-state index is 0.374. The SMILES string of the molecule is CC.N#COc1ccc(Cl)c(Cl)c1. The molecule has 2 nitrogen and oxygen atoms in total. The molecule has 0 aliphatic carbocycles. The van der Waals surface area contributed by atoms with E-state index < -0.39 is 0 Å². The highest BCUT2D eigenvalue weighted by Gasteiger charge is 1.98. The zero-order valence-electron chi connectivity index (χ0n) is 7.34. The van der Waals surface area contributed by atoms with E-state index in [1.807, 2.05) is 13.8 Å². The van der Waals surface area contributed by atoms with Gasteiger partial charge in [-0.25, -0.2) is 0 Å². The van der Waals surface area contributed by atoms with Gasteiger partial charge in [-0.15, -0.1) is 5.26 Å². The molecule has 1 rings (SSSR count). The summed E-state index contributed by atoms with van der Waals surface area (Å²) in [5.74, 6) is 0.391. The van der Waals surface area contributed by atoms with Gasteiger partial charge in [0.15, 0.2) is 0 Å². The van der Waals surface area contributed by atoms with Gasteiger partial charge in [0.1, 0.15) is 5.75 Å². The Morgan fingerprint density at radius 2 is 1.85 bits per heavy atom. The van der Waals surface area contributed by atoms with Crippen LogP contribution in [-0.2, 0) is 0 Å². The molecule has 0 bridgehead atoms. The van der Waals surface area contributed by atoms with Crippen molar-refractivity contribution in [3.8, 4) is 12.0 Å². The van der Waals surface area contributed by atoms with E-state index in [2.05, 4.69) is 4.74 Å². The third-order valence-electron chi connectivity index (χ3n) is 1.05. The number of halogens is 2. The molecule has 0 saturated carbocycles. The van der Waals surface area contributed by atoms with E-state index in [1.54, 1.807) is 12.1 Å². The summed E-state index contributed by atoms with van der Waals surface area (Å²) >= 11 is 11.2. The van der Waals surface area contributed by atoms with Crippen LogP contribution in [0.5, 0.6) is 5.75 Å². The van der Waals surface area contributed by atoms with Crippen molar-refractivity contribution in [3.63, 3.8) is 0 Å². The van der Waals surface area contributed by atoms with E-state index in [0.29, 0.717) is 15.8 Å². The highest BCUT2D eigenvalue weighted by molar-refractivity contribution is 6.42. The predicted molar refractivity (Wildman–Crippen MR) is 54.1 cm³/mol. The normalized spacial score (nSPS) is 7.92. The van der Waals surface area contributed by atoms with E-state index in [0.717, 1.165) is 0 Å². The van der Waals surface area contributed by atoms with Crippen molar-refractivity contribution in [3.05, 3.63) is 28.2 Å². The predicted octanol–water partition coefficient (Wildman–Crippen LogP) is 3.88. The van der Waals surface area contributed by atoms with Gasteiger partial charge < -0.3 is 4.74 Å². The van der Waals surface area contributed by atoms with Crippen molar-refractivity contribution in [2.45, 2.75) is 13.8 Å². The number of rotatable bonds is 1. The first kappa shape index (κ1) is 12.1. The number of hydrogen-bond donors (Lipinski definition) is 0. The van der Waals surface area contributed by atoms with Crippen LogP contribution in [-0.4, -0.2) is 0 Å². The Kier molecular flexibility index (Phi) is 6.13. The molecule has 13 heavy (non-hydrogen) atoms. The molecule has 0 amide bonds.